The van der Waals surface area contributed by atoms with Crippen molar-refractivity contribution in [1.29, 1.82) is 0 Å². The molecule has 3 aromatic rings. The van der Waals surface area contributed by atoms with Gasteiger partial charge in [-0.1, -0.05) is 11.8 Å². The lowest BCUT2D eigenvalue weighted by Gasteiger charge is -2.10. The van der Waals surface area contributed by atoms with Crippen LogP contribution >= 0.6 is 11.8 Å². The Morgan fingerprint density at radius 3 is 2.41 bits per heavy atom. The number of aromatic nitrogens is 5. The van der Waals surface area contributed by atoms with E-state index in [1.165, 1.54) is 11.8 Å². The van der Waals surface area contributed by atoms with Crippen molar-refractivity contribution in [3.8, 4) is 0 Å². The summed E-state index contributed by atoms with van der Waals surface area (Å²) in [6.45, 7) is 9.06. The van der Waals surface area contributed by atoms with Crippen LogP contribution in [0, 0.1) is 0 Å². The monoisotopic (exact) mass is 457 g/mol. The molecule has 32 heavy (non-hydrogen) atoms. The largest absolute Gasteiger partial charge is 0.355 e. The molecule has 0 radical (unpaired) electrons. The highest BCUT2D eigenvalue weighted by molar-refractivity contribution is 7.99. The summed E-state index contributed by atoms with van der Waals surface area (Å²) in [5.74, 6) is 1.17. The molecule has 0 aliphatic carbocycles. The highest BCUT2D eigenvalue weighted by atomic mass is 32.2. The first-order valence-electron chi connectivity index (χ1n) is 10.4. The number of fused-ring (bicyclic) bond motifs is 1. The molecule has 0 saturated heterocycles. The van der Waals surface area contributed by atoms with E-state index in [-0.39, 0.29) is 23.6 Å². The molecule has 0 unspecified atom stereocenters. The van der Waals surface area contributed by atoms with E-state index in [9.17, 15) is 9.59 Å². The molecule has 0 spiro atoms. The lowest BCUT2D eigenvalue weighted by atomic mass is 10.2. The third-order valence-corrected chi connectivity index (χ3v) is 5.03. The van der Waals surface area contributed by atoms with Crippen molar-refractivity contribution in [3.63, 3.8) is 0 Å². The number of thioether (sulfide) groups is 1. The summed E-state index contributed by atoms with van der Waals surface area (Å²) < 4.78 is 1.68. The molecule has 0 saturated carbocycles. The van der Waals surface area contributed by atoms with Crippen LogP contribution < -0.4 is 21.3 Å². The number of hydrogen-bond donors (Lipinski definition) is 4. The normalized spacial score (nSPS) is 10.9. The van der Waals surface area contributed by atoms with Gasteiger partial charge >= 0.3 is 0 Å². The predicted molar refractivity (Wildman–Crippen MR) is 125 cm³/mol. The number of anilines is 3. The Labute approximate surface area is 190 Å². The highest BCUT2D eigenvalue weighted by Crippen LogP contribution is 2.21. The van der Waals surface area contributed by atoms with E-state index in [2.05, 4.69) is 41.4 Å². The Hall–Kier alpha value is -3.41. The van der Waals surface area contributed by atoms with Crippen LogP contribution in [0.4, 0.5) is 17.6 Å². The topological polar surface area (TPSA) is 138 Å². The third kappa shape index (κ3) is 5.84. The maximum atomic E-state index is 12.4. The minimum atomic E-state index is -0.207. The summed E-state index contributed by atoms with van der Waals surface area (Å²) in [7, 11) is 0. The maximum absolute atomic E-state index is 12.4. The van der Waals surface area contributed by atoms with E-state index in [1.807, 2.05) is 27.7 Å². The summed E-state index contributed by atoms with van der Waals surface area (Å²) in [4.78, 5) is 33.3. The maximum Gasteiger partial charge on any atom is 0.261 e. The number of carbonyl (C=O) groups is 2. The van der Waals surface area contributed by atoms with Crippen molar-refractivity contribution < 1.29 is 9.59 Å². The van der Waals surface area contributed by atoms with Gasteiger partial charge < -0.3 is 21.3 Å². The summed E-state index contributed by atoms with van der Waals surface area (Å²) in [5, 5.41) is 20.7. The molecule has 0 fully saturated rings. The van der Waals surface area contributed by atoms with Gasteiger partial charge in [0.25, 0.3) is 11.7 Å². The summed E-state index contributed by atoms with van der Waals surface area (Å²) in [6, 6.07) is 6.80. The van der Waals surface area contributed by atoms with Crippen molar-refractivity contribution in [2.75, 3.05) is 34.8 Å². The van der Waals surface area contributed by atoms with E-state index < -0.39 is 0 Å². The van der Waals surface area contributed by atoms with E-state index >= 15 is 0 Å². The lowest BCUT2D eigenvalue weighted by molar-refractivity contribution is -0.113. The Morgan fingerprint density at radius 2 is 1.75 bits per heavy atom. The Bertz CT molecular complexity index is 1080. The van der Waals surface area contributed by atoms with Crippen LogP contribution in [0.25, 0.3) is 5.78 Å². The zero-order valence-electron chi connectivity index (χ0n) is 18.5. The van der Waals surface area contributed by atoms with E-state index in [0.29, 0.717) is 47.2 Å². The number of nitrogens with one attached hydrogen (secondary N) is 4. The van der Waals surface area contributed by atoms with Crippen LogP contribution in [0.1, 0.15) is 38.1 Å². The standard InChI is InChI=1S/C20H27N9O2S/c1-5-21-17-25-18(22-6-2)29-19(26-17)27-28-20(29)32-11-15(30)24-14-9-7-13(8-10-14)16(31)23-12(3)4/h7-10,12H,5-6,11H2,1-4H3,(H,23,31)(H,24,30)(H2,21,22,25,26,27). The molecular formula is C20H27N9O2S. The first-order valence-corrected chi connectivity index (χ1v) is 11.3. The SMILES string of the molecule is CCNc1nc(NCC)n2c(SCC(=O)Nc3ccc(C(=O)NC(C)C)cc3)nnc2n1. The van der Waals surface area contributed by atoms with Gasteiger partial charge in [-0.3, -0.25) is 9.59 Å². The molecule has 4 N–H and O–H groups in total. The minimum Gasteiger partial charge on any atom is -0.355 e. The second-order valence-corrected chi connectivity index (χ2v) is 8.03. The van der Waals surface area contributed by atoms with Crippen molar-refractivity contribution in [2.24, 2.45) is 0 Å². The first-order chi connectivity index (χ1) is 15.4. The van der Waals surface area contributed by atoms with E-state index in [4.69, 9.17) is 0 Å². The number of hydrogen-bond acceptors (Lipinski definition) is 9. The van der Waals surface area contributed by atoms with Crippen LogP contribution in [0.5, 0.6) is 0 Å². The summed E-state index contributed by atoms with van der Waals surface area (Å²) in [6.07, 6.45) is 0. The molecular weight excluding hydrogens is 430 g/mol. The molecule has 2 aromatic heterocycles. The number of nitrogens with zero attached hydrogens (tertiary/aromatic N) is 5. The highest BCUT2D eigenvalue weighted by Gasteiger charge is 2.16. The number of amides is 2. The first kappa shape index (κ1) is 23.3. The Balaban J connectivity index is 1.65. The van der Waals surface area contributed by atoms with Gasteiger partial charge in [0.1, 0.15) is 0 Å². The van der Waals surface area contributed by atoms with Crippen LogP contribution in [-0.4, -0.2) is 61.3 Å². The predicted octanol–water partition coefficient (Wildman–Crippen LogP) is 2.25. The smallest absolute Gasteiger partial charge is 0.261 e. The molecule has 0 aliphatic rings. The van der Waals surface area contributed by atoms with Crippen LogP contribution in [0.15, 0.2) is 29.4 Å². The Kier molecular flexibility index (Phi) is 7.82. The average Bonchev–Trinajstić information content (AvgIpc) is 3.16. The zero-order valence-corrected chi connectivity index (χ0v) is 19.3. The Morgan fingerprint density at radius 1 is 1.03 bits per heavy atom. The fraction of sp³-hybridized carbons (Fsp3) is 0.400. The summed E-state index contributed by atoms with van der Waals surface area (Å²) in [5.41, 5.74) is 1.14. The number of benzene rings is 1. The number of carbonyl (C=O) groups excluding carboxylic acids is 2. The zero-order chi connectivity index (χ0) is 23.1. The molecule has 0 atom stereocenters. The molecule has 3 rings (SSSR count). The van der Waals surface area contributed by atoms with E-state index in [0.717, 1.165) is 0 Å². The third-order valence-electron chi connectivity index (χ3n) is 4.10. The van der Waals surface area contributed by atoms with Gasteiger partial charge in [0.05, 0.1) is 5.75 Å². The van der Waals surface area contributed by atoms with Crippen LogP contribution in [0.2, 0.25) is 0 Å². The number of rotatable bonds is 10. The molecule has 0 aliphatic heterocycles. The molecule has 2 heterocycles. The molecule has 1 aromatic carbocycles. The second-order valence-electron chi connectivity index (χ2n) is 7.09. The van der Waals surface area contributed by atoms with Crippen LogP contribution in [-0.2, 0) is 4.79 Å². The van der Waals surface area contributed by atoms with E-state index in [1.54, 1.807) is 28.7 Å². The van der Waals surface area contributed by atoms with Crippen molar-refractivity contribution in [3.05, 3.63) is 29.8 Å². The van der Waals surface area contributed by atoms with Crippen LogP contribution in [0.3, 0.4) is 0 Å². The molecule has 11 nitrogen and oxygen atoms in total. The minimum absolute atomic E-state index is 0.0556. The van der Waals surface area contributed by atoms with Gasteiger partial charge in [0.15, 0.2) is 5.16 Å². The van der Waals surface area contributed by atoms with Gasteiger partial charge in [-0.15, -0.1) is 10.2 Å². The van der Waals surface area contributed by atoms with Crippen molar-refractivity contribution >= 4 is 46.9 Å². The van der Waals surface area contributed by atoms with Crippen molar-refractivity contribution in [2.45, 2.75) is 38.9 Å². The van der Waals surface area contributed by atoms with Gasteiger partial charge in [-0.2, -0.15) is 9.97 Å². The van der Waals surface area contributed by atoms with Crippen molar-refractivity contribution in [1.82, 2.24) is 29.9 Å². The van der Waals surface area contributed by atoms with Gasteiger partial charge in [0, 0.05) is 30.4 Å². The van der Waals surface area contributed by atoms with Gasteiger partial charge in [-0.05, 0) is 52.0 Å². The average molecular weight is 458 g/mol. The molecule has 2 amide bonds. The molecule has 170 valence electrons. The molecule has 12 heteroatoms. The fourth-order valence-electron chi connectivity index (χ4n) is 2.78. The fourth-order valence-corrected chi connectivity index (χ4v) is 3.50. The molecule has 0 bridgehead atoms. The lowest BCUT2D eigenvalue weighted by Crippen LogP contribution is -2.30. The second kappa shape index (κ2) is 10.8. The quantitative estimate of drug-likeness (QED) is 0.338. The summed E-state index contributed by atoms with van der Waals surface area (Å²) >= 11 is 1.23. The van der Waals surface area contributed by atoms with Gasteiger partial charge in [-0.25, -0.2) is 4.40 Å². The van der Waals surface area contributed by atoms with Gasteiger partial charge in [0.2, 0.25) is 17.8 Å².